The highest BCUT2D eigenvalue weighted by Gasteiger charge is 2.28. The Morgan fingerprint density at radius 2 is 2.15 bits per heavy atom. The molecule has 0 aromatic heterocycles. The molecule has 0 spiro atoms. The second-order valence-corrected chi connectivity index (χ2v) is 4.81. The summed E-state index contributed by atoms with van der Waals surface area (Å²) in [5.74, 6) is 2.61. The van der Waals surface area contributed by atoms with Crippen molar-refractivity contribution >= 4 is 0 Å². The normalized spacial score (nSPS) is 33.0. The molecule has 0 nitrogen and oxygen atoms in total. The van der Waals surface area contributed by atoms with Crippen molar-refractivity contribution in [1.82, 2.24) is 0 Å². The van der Waals surface area contributed by atoms with Crippen molar-refractivity contribution in [2.24, 2.45) is 17.8 Å². The van der Waals surface area contributed by atoms with Crippen LogP contribution in [-0.4, -0.2) is 0 Å². The Bertz CT molecular complexity index is 232. The number of hydrogen-bond donors (Lipinski definition) is 0. The number of rotatable bonds is 1. The van der Waals surface area contributed by atoms with Crippen molar-refractivity contribution in [3.05, 3.63) is 23.8 Å². The molecule has 0 amide bonds. The number of hydrogen-bond acceptors (Lipinski definition) is 0. The van der Waals surface area contributed by atoms with Gasteiger partial charge in [-0.25, -0.2) is 0 Å². The molecule has 0 aromatic carbocycles. The van der Waals surface area contributed by atoms with Gasteiger partial charge in [0.25, 0.3) is 0 Å². The first kappa shape index (κ1) is 9.05. The molecule has 0 radical (unpaired) electrons. The Hall–Kier alpha value is -0.520. The Morgan fingerprint density at radius 1 is 1.31 bits per heavy atom. The summed E-state index contributed by atoms with van der Waals surface area (Å²) in [6.45, 7) is 4.73. The van der Waals surface area contributed by atoms with E-state index >= 15 is 0 Å². The van der Waals surface area contributed by atoms with E-state index in [9.17, 15) is 0 Å². The van der Waals surface area contributed by atoms with E-state index in [4.69, 9.17) is 0 Å². The molecule has 13 heavy (non-hydrogen) atoms. The standard InChI is InChI=1S/C13H20/c1-10(2)12-9-5-7-11-6-3-4-8-13(11)12/h3-4,8,10-12H,5-7,9H2,1-2H3. The maximum absolute atomic E-state index is 2.39. The third-order valence-corrected chi connectivity index (χ3v) is 3.62. The molecule has 0 aromatic rings. The van der Waals surface area contributed by atoms with Crippen LogP contribution in [0.2, 0.25) is 0 Å². The molecule has 2 aliphatic carbocycles. The maximum atomic E-state index is 2.39. The van der Waals surface area contributed by atoms with E-state index < -0.39 is 0 Å². The van der Waals surface area contributed by atoms with Gasteiger partial charge < -0.3 is 0 Å². The summed E-state index contributed by atoms with van der Waals surface area (Å²) >= 11 is 0. The zero-order valence-electron chi connectivity index (χ0n) is 8.79. The van der Waals surface area contributed by atoms with Gasteiger partial charge in [-0.2, -0.15) is 0 Å². The van der Waals surface area contributed by atoms with E-state index in [0.29, 0.717) is 0 Å². The molecule has 1 fully saturated rings. The third kappa shape index (κ3) is 1.72. The minimum absolute atomic E-state index is 0.834. The molecule has 0 aliphatic heterocycles. The summed E-state index contributed by atoms with van der Waals surface area (Å²) in [7, 11) is 0. The Morgan fingerprint density at radius 3 is 2.92 bits per heavy atom. The Balaban J connectivity index is 2.19. The molecule has 2 aliphatic rings. The molecule has 2 atom stereocenters. The summed E-state index contributed by atoms with van der Waals surface area (Å²) < 4.78 is 0. The number of fused-ring (bicyclic) bond motifs is 1. The van der Waals surface area contributed by atoms with E-state index in [0.717, 1.165) is 17.8 Å². The van der Waals surface area contributed by atoms with E-state index in [1.165, 1.54) is 25.7 Å². The van der Waals surface area contributed by atoms with Gasteiger partial charge in [0.05, 0.1) is 0 Å². The molecule has 0 N–H and O–H groups in total. The van der Waals surface area contributed by atoms with Crippen LogP contribution in [0.25, 0.3) is 0 Å². The fourth-order valence-electron chi connectivity index (χ4n) is 2.87. The van der Waals surface area contributed by atoms with Crippen molar-refractivity contribution in [3.8, 4) is 0 Å². The largest absolute Gasteiger partial charge is 0.0839 e. The number of allylic oxidation sites excluding steroid dienone is 4. The molecular weight excluding hydrogens is 156 g/mol. The second-order valence-electron chi connectivity index (χ2n) is 4.81. The summed E-state index contributed by atoms with van der Waals surface area (Å²) in [6.07, 6.45) is 12.6. The average Bonchev–Trinajstić information content (AvgIpc) is 2.17. The zero-order valence-corrected chi connectivity index (χ0v) is 8.79. The predicted octanol–water partition coefficient (Wildman–Crippen LogP) is 3.95. The van der Waals surface area contributed by atoms with E-state index in [1.54, 1.807) is 5.57 Å². The van der Waals surface area contributed by atoms with Crippen LogP contribution in [0.3, 0.4) is 0 Å². The van der Waals surface area contributed by atoms with Crippen molar-refractivity contribution < 1.29 is 0 Å². The second kappa shape index (κ2) is 3.69. The quantitative estimate of drug-likeness (QED) is 0.567. The molecule has 1 saturated carbocycles. The summed E-state index contributed by atoms with van der Waals surface area (Å²) in [5, 5.41) is 0. The fourth-order valence-corrected chi connectivity index (χ4v) is 2.87. The molecule has 0 heterocycles. The first-order chi connectivity index (χ1) is 6.29. The van der Waals surface area contributed by atoms with Gasteiger partial charge in [0.2, 0.25) is 0 Å². The van der Waals surface area contributed by atoms with Crippen LogP contribution in [0, 0.1) is 17.8 Å². The summed E-state index contributed by atoms with van der Waals surface area (Å²) in [4.78, 5) is 0. The molecule has 0 saturated heterocycles. The maximum Gasteiger partial charge on any atom is -0.0163 e. The topological polar surface area (TPSA) is 0 Å². The van der Waals surface area contributed by atoms with Crippen molar-refractivity contribution in [2.75, 3.05) is 0 Å². The van der Waals surface area contributed by atoms with Crippen LogP contribution in [0.5, 0.6) is 0 Å². The lowest BCUT2D eigenvalue weighted by Crippen LogP contribution is -2.24. The van der Waals surface area contributed by atoms with Crippen LogP contribution in [0.4, 0.5) is 0 Å². The Labute approximate surface area is 81.7 Å². The molecule has 2 rings (SSSR count). The van der Waals surface area contributed by atoms with Crippen LogP contribution in [0.1, 0.15) is 39.5 Å². The van der Waals surface area contributed by atoms with Gasteiger partial charge in [-0.15, -0.1) is 0 Å². The van der Waals surface area contributed by atoms with Gasteiger partial charge in [0, 0.05) is 0 Å². The molecule has 2 unspecified atom stereocenters. The molecule has 0 heteroatoms. The predicted molar refractivity (Wildman–Crippen MR) is 57.5 cm³/mol. The highest BCUT2D eigenvalue weighted by atomic mass is 14.3. The lowest BCUT2D eigenvalue weighted by Gasteiger charge is -2.36. The van der Waals surface area contributed by atoms with Gasteiger partial charge in [-0.05, 0) is 37.0 Å². The molecule has 0 bridgehead atoms. The zero-order chi connectivity index (χ0) is 9.26. The summed E-state index contributed by atoms with van der Waals surface area (Å²) in [6, 6.07) is 0. The van der Waals surface area contributed by atoms with Crippen molar-refractivity contribution in [3.63, 3.8) is 0 Å². The smallest absolute Gasteiger partial charge is 0.0163 e. The van der Waals surface area contributed by atoms with Gasteiger partial charge in [0.15, 0.2) is 0 Å². The van der Waals surface area contributed by atoms with Gasteiger partial charge in [-0.1, -0.05) is 44.1 Å². The van der Waals surface area contributed by atoms with Crippen molar-refractivity contribution in [1.29, 1.82) is 0 Å². The fraction of sp³-hybridized carbons (Fsp3) is 0.692. The van der Waals surface area contributed by atoms with E-state index in [-0.39, 0.29) is 0 Å². The van der Waals surface area contributed by atoms with Crippen LogP contribution < -0.4 is 0 Å². The minimum atomic E-state index is 0.834. The lowest BCUT2D eigenvalue weighted by atomic mass is 9.70. The average molecular weight is 176 g/mol. The highest BCUT2D eigenvalue weighted by molar-refractivity contribution is 5.25. The minimum Gasteiger partial charge on any atom is -0.0839 e. The summed E-state index contributed by atoms with van der Waals surface area (Å²) in [5.41, 5.74) is 1.75. The van der Waals surface area contributed by atoms with Crippen LogP contribution in [-0.2, 0) is 0 Å². The Kier molecular flexibility index (Phi) is 2.57. The van der Waals surface area contributed by atoms with Gasteiger partial charge in [0.1, 0.15) is 0 Å². The monoisotopic (exact) mass is 176 g/mol. The molecular formula is C13H20. The van der Waals surface area contributed by atoms with E-state index in [1.807, 2.05) is 0 Å². The van der Waals surface area contributed by atoms with Crippen LogP contribution in [0.15, 0.2) is 23.8 Å². The first-order valence-electron chi connectivity index (χ1n) is 5.65. The van der Waals surface area contributed by atoms with Gasteiger partial charge in [-0.3, -0.25) is 0 Å². The SMILES string of the molecule is CC(C)C1CCCC2CC=CC=C21. The lowest BCUT2D eigenvalue weighted by molar-refractivity contribution is 0.302. The van der Waals surface area contributed by atoms with Crippen LogP contribution >= 0.6 is 0 Å². The van der Waals surface area contributed by atoms with Crippen molar-refractivity contribution in [2.45, 2.75) is 39.5 Å². The third-order valence-electron chi connectivity index (χ3n) is 3.62. The van der Waals surface area contributed by atoms with Gasteiger partial charge >= 0.3 is 0 Å². The van der Waals surface area contributed by atoms with E-state index in [2.05, 4.69) is 32.1 Å². The molecule has 72 valence electrons. The first-order valence-corrected chi connectivity index (χ1v) is 5.65. The highest BCUT2D eigenvalue weighted by Crippen LogP contribution is 2.41.